The second kappa shape index (κ2) is 2.23. The SMILES string of the molecule is CNC(=O)N1CC(O)C1. The molecule has 1 aliphatic rings. The van der Waals surface area contributed by atoms with E-state index in [0.29, 0.717) is 13.1 Å². The molecule has 1 fully saturated rings. The van der Waals surface area contributed by atoms with Gasteiger partial charge in [-0.1, -0.05) is 0 Å². The molecule has 9 heavy (non-hydrogen) atoms. The first-order valence-corrected chi connectivity index (χ1v) is 2.88. The molecule has 0 spiro atoms. The van der Waals surface area contributed by atoms with Gasteiger partial charge in [0.15, 0.2) is 0 Å². The highest BCUT2D eigenvalue weighted by Crippen LogP contribution is 2.05. The minimum Gasteiger partial charge on any atom is -0.389 e. The number of amides is 2. The van der Waals surface area contributed by atoms with Gasteiger partial charge in [-0.15, -0.1) is 0 Å². The first kappa shape index (κ1) is 6.35. The average Bonchev–Trinajstić information content (AvgIpc) is 1.79. The third-order valence-corrected chi connectivity index (χ3v) is 1.36. The van der Waals surface area contributed by atoms with E-state index in [-0.39, 0.29) is 12.1 Å². The zero-order valence-corrected chi connectivity index (χ0v) is 5.29. The van der Waals surface area contributed by atoms with Crippen molar-refractivity contribution in [3.63, 3.8) is 0 Å². The molecular weight excluding hydrogens is 120 g/mol. The van der Waals surface area contributed by atoms with Crippen molar-refractivity contribution < 1.29 is 9.90 Å². The molecule has 0 aromatic heterocycles. The summed E-state index contributed by atoms with van der Waals surface area (Å²) in [5.74, 6) is 0. The molecule has 0 aromatic rings. The summed E-state index contributed by atoms with van der Waals surface area (Å²) in [6.45, 7) is 0.944. The zero-order valence-electron chi connectivity index (χ0n) is 5.29. The van der Waals surface area contributed by atoms with E-state index in [9.17, 15) is 4.79 Å². The van der Waals surface area contributed by atoms with E-state index in [2.05, 4.69) is 5.32 Å². The first-order chi connectivity index (χ1) is 4.24. The standard InChI is InChI=1S/C5H10N2O2/c1-6-5(9)7-2-4(8)3-7/h4,8H,2-3H2,1H3,(H,6,9). The van der Waals surface area contributed by atoms with Crippen LogP contribution in [0, 0.1) is 0 Å². The molecule has 0 bridgehead atoms. The lowest BCUT2D eigenvalue weighted by molar-refractivity contribution is 0.0272. The minimum absolute atomic E-state index is 0.111. The summed E-state index contributed by atoms with van der Waals surface area (Å²) < 4.78 is 0. The van der Waals surface area contributed by atoms with Crippen molar-refractivity contribution in [2.75, 3.05) is 20.1 Å². The van der Waals surface area contributed by atoms with E-state index in [0.717, 1.165) is 0 Å². The molecule has 0 radical (unpaired) electrons. The maximum atomic E-state index is 10.6. The molecule has 0 saturated carbocycles. The van der Waals surface area contributed by atoms with Crippen LogP contribution in [0.4, 0.5) is 4.79 Å². The second-order valence-electron chi connectivity index (χ2n) is 2.11. The van der Waals surface area contributed by atoms with Gasteiger partial charge >= 0.3 is 6.03 Å². The third kappa shape index (κ3) is 1.13. The van der Waals surface area contributed by atoms with E-state index < -0.39 is 0 Å². The Balaban J connectivity index is 2.23. The molecule has 1 rings (SSSR count). The Labute approximate surface area is 53.5 Å². The molecule has 2 N–H and O–H groups in total. The summed E-state index contributed by atoms with van der Waals surface area (Å²) in [4.78, 5) is 12.2. The number of rotatable bonds is 0. The van der Waals surface area contributed by atoms with Gasteiger partial charge in [0.1, 0.15) is 0 Å². The quantitative estimate of drug-likeness (QED) is 0.442. The Morgan fingerprint density at radius 1 is 1.78 bits per heavy atom. The second-order valence-corrected chi connectivity index (χ2v) is 2.11. The lowest BCUT2D eigenvalue weighted by atomic mass is 10.2. The van der Waals surface area contributed by atoms with Gasteiger partial charge in [-0.05, 0) is 0 Å². The van der Waals surface area contributed by atoms with Gasteiger partial charge in [-0.25, -0.2) is 4.79 Å². The molecule has 0 atom stereocenters. The van der Waals surface area contributed by atoms with Crippen LogP contribution >= 0.6 is 0 Å². The molecule has 1 aliphatic heterocycles. The fourth-order valence-electron chi connectivity index (χ4n) is 0.779. The number of β-amino-alcohol motifs (C(OH)–C–C–N with tert-alkyl or cyclic N) is 1. The van der Waals surface area contributed by atoms with Crippen LogP contribution in [0.1, 0.15) is 0 Å². The van der Waals surface area contributed by atoms with Crippen molar-refractivity contribution in [1.82, 2.24) is 10.2 Å². The number of carbonyl (C=O) groups is 1. The lowest BCUT2D eigenvalue weighted by Crippen LogP contribution is -2.56. The van der Waals surface area contributed by atoms with Crippen molar-refractivity contribution in [3.8, 4) is 0 Å². The van der Waals surface area contributed by atoms with Crippen molar-refractivity contribution in [1.29, 1.82) is 0 Å². The molecule has 4 nitrogen and oxygen atoms in total. The van der Waals surface area contributed by atoms with Gasteiger partial charge < -0.3 is 15.3 Å². The molecule has 0 aromatic carbocycles. The fraction of sp³-hybridized carbons (Fsp3) is 0.800. The van der Waals surface area contributed by atoms with E-state index >= 15 is 0 Å². The van der Waals surface area contributed by atoms with Crippen LogP contribution in [0.15, 0.2) is 0 Å². The van der Waals surface area contributed by atoms with Crippen LogP contribution in [0.25, 0.3) is 0 Å². The number of aliphatic hydroxyl groups excluding tert-OH is 1. The minimum atomic E-state index is -0.303. The number of hydrogen-bond donors (Lipinski definition) is 2. The molecule has 0 aliphatic carbocycles. The normalized spacial score (nSPS) is 19.1. The molecule has 2 amide bonds. The number of carbonyl (C=O) groups excluding carboxylic acids is 1. The van der Waals surface area contributed by atoms with Crippen LogP contribution in [-0.2, 0) is 0 Å². The van der Waals surface area contributed by atoms with Gasteiger partial charge in [0.05, 0.1) is 19.2 Å². The Bertz CT molecular complexity index is 120. The predicted octanol–water partition coefficient (Wildman–Crippen LogP) is -0.998. The largest absolute Gasteiger partial charge is 0.389 e. The van der Waals surface area contributed by atoms with E-state index in [1.807, 2.05) is 0 Å². The number of likely N-dealkylation sites (tertiary alicyclic amines) is 1. The van der Waals surface area contributed by atoms with Crippen LogP contribution in [0.3, 0.4) is 0 Å². The smallest absolute Gasteiger partial charge is 0.317 e. The van der Waals surface area contributed by atoms with Gasteiger partial charge in [-0.2, -0.15) is 0 Å². The first-order valence-electron chi connectivity index (χ1n) is 2.88. The van der Waals surface area contributed by atoms with Gasteiger partial charge in [0, 0.05) is 7.05 Å². The molecule has 1 heterocycles. The zero-order chi connectivity index (χ0) is 6.85. The van der Waals surface area contributed by atoms with Gasteiger partial charge in [-0.3, -0.25) is 0 Å². The highest BCUT2D eigenvalue weighted by Gasteiger charge is 2.27. The summed E-state index contributed by atoms with van der Waals surface area (Å²) in [7, 11) is 1.58. The highest BCUT2D eigenvalue weighted by atomic mass is 16.3. The number of nitrogens with one attached hydrogen (secondary N) is 1. The average molecular weight is 130 g/mol. The van der Waals surface area contributed by atoms with Gasteiger partial charge in [0.25, 0.3) is 0 Å². The maximum absolute atomic E-state index is 10.6. The Morgan fingerprint density at radius 2 is 2.33 bits per heavy atom. The van der Waals surface area contributed by atoms with Crippen LogP contribution in [-0.4, -0.2) is 42.3 Å². The molecule has 4 heteroatoms. The van der Waals surface area contributed by atoms with Crippen molar-refractivity contribution in [2.45, 2.75) is 6.10 Å². The number of hydrogen-bond acceptors (Lipinski definition) is 2. The number of aliphatic hydroxyl groups is 1. The summed E-state index contributed by atoms with van der Waals surface area (Å²) in [5, 5.41) is 11.2. The topological polar surface area (TPSA) is 52.6 Å². The van der Waals surface area contributed by atoms with E-state index in [1.165, 1.54) is 0 Å². The summed E-state index contributed by atoms with van der Waals surface area (Å²) >= 11 is 0. The monoisotopic (exact) mass is 130 g/mol. The third-order valence-electron chi connectivity index (χ3n) is 1.36. The molecule has 1 saturated heterocycles. The lowest BCUT2D eigenvalue weighted by Gasteiger charge is -2.35. The van der Waals surface area contributed by atoms with Crippen molar-refractivity contribution in [2.24, 2.45) is 0 Å². The van der Waals surface area contributed by atoms with Crippen LogP contribution in [0.5, 0.6) is 0 Å². The number of nitrogens with zero attached hydrogens (tertiary/aromatic N) is 1. The van der Waals surface area contributed by atoms with Crippen LogP contribution in [0.2, 0.25) is 0 Å². The van der Waals surface area contributed by atoms with E-state index in [1.54, 1.807) is 11.9 Å². The summed E-state index contributed by atoms with van der Waals surface area (Å²) in [5.41, 5.74) is 0. The Morgan fingerprint density at radius 3 is 2.67 bits per heavy atom. The summed E-state index contributed by atoms with van der Waals surface area (Å²) in [6.07, 6.45) is -0.303. The Kier molecular flexibility index (Phi) is 1.57. The van der Waals surface area contributed by atoms with Crippen molar-refractivity contribution in [3.05, 3.63) is 0 Å². The molecule has 52 valence electrons. The highest BCUT2D eigenvalue weighted by molar-refractivity contribution is 5.74. The summed E-state index contributed by atoms with van der Waals surface area (Å²) in [6, 6.07) is -0.111. The van der Waals surface area contributed by atoms with E-state index in [4.69, 9.17) is 5.11 Å². The maximum Gasteiger partial charge on any atom is 0.317 e. The van der Waals surface area contributed by atoms with Crippen LogP contribution < -0.4 is 5.32 Å². The predicted molar refractivity (Wildman–Crippen MR) is 32.0 cm³/mol. The molecule has 0 unspecified atom stereocenters. The van der Waals surface area contributed by atoms with Crippen molar-refractivity contribution >= 4 is 6.03 Å². The fourth-order valence-corrected chi connectivity index (χ4v) is 0.779. The van der Waals surface area contributed by atoms with Gasteiger partial charge in [0.2, 0.25) is 0 Å². The molecular formula is C5H10N2O2. The Hall–Kier alpha value is -0.770. The number of urea groups is 1.